The van der Waals surface area contributed by atoms with Gasteiger partial charge in [0.25, 0.3) is 0 Å². The first kappa shape index (κ1) is 24.2. The first-order valence-electron chi connectivity index (χ1n) is 12.6. The lowest BCUT2D eigenvalue weighted by molar-refractivity contribution is -0.117. The van der Waals surface area contributed by atoms with Crippen molar-refractivity contribution in [2.75, 3.05) is 19.6 Å². The third kappa shape index (κ3) is 8.26. The van der Waals surface area contributed by atoms with Crippen LogP contribution in [0.25, 0.3) is 0 Å². The van der Waals surface area contributed by atoms with E-state index in [2.05, 4.69) is 71.9 Å². The van der Waals surface area contributed by atoms with Crippen LogP contribution in [0.1, 0.15) is 81.8 Å². The normalized spacial score (nSPS) is 15.0. The molecule has 1 fully saturated rings. The van der Waals surface area contributed by atoms with Gasteiger partial charge in [-0.15, -0.1) is 0 Å². The molecule has 0 unspecified atom stereocenters. The molecule has 3 heteroatoms. The zero-order valence-electron chi connectivity index (χ0n) is 19.8. The molecule has 1 aliphatic heterocycles. The Morgan fingerprint density at radius 3 is 1.97 bits per heavy atom. The first-order valence-corrected chi connectivity index (χ1v) is 12.6. The molecule has 0 aromatic heterocycles. The maximum atomic E-state index is 10.9. The van der Waals surface area contributed by atoms with Gasteiger partial charge in [0.05, 0.1) is 6.34 Å². The van der Waals surface area contributed by atoms with E-state index >= 15 is 0 Å². The summed E-state index contributed by atoms with van der Waals surface area (Å²) in [6, 6.07) is 22.0. The Morgan fingerprint density at radius 1 is 0.875 bits per heavy atom. The van der Waals surface area contributed by atoms with Gasteiger partial charge in [0.1, 0.15) is 5.78 Å². The summed E-state index contributed by atoms with van der Waals surface area (Å²) >= 11 is 0. The van der Waals surface area contributed by atoms with Crippen LogP contribution >= 0.6 is 0 Å². The van der Waals surface area contributed by atoms with Crippen LogP contribution in [0.5, 0.6) is 0 Å². The fourth-order valence-electron chi connectivity index (χ4n) is 4.88. The highest BCUT2D eigenvalue weighted by atomic mass is 16.1. The van der Waals surface area contributed by atoms with Gasteiger partial charge in [-0.3, -0.25) is 4.99 Å². The second kappa shape index (κ2) is 13.9. The van der Waals surface area contributed by atoms with Crippen molar-refractivity contribution in [1.29, 1.82) is 0 Å². The molecule has 0 radical (unpaired) electrons. The van der Waals surface area contributed by atoms with Crippen LogP contribution < -0.4 is 0 Å². The molecule has 0 N–H and O–H groups in total. The van der Waals surface area contributed by atoms with Gasteiger partial charge in [-0.25, -0.2) is 0 Å². The number of carbonyl (C=O) groups excluding carboxylic acids is 1. The quantitative estimate of drug-likeness (QED) is 0.196. The number of Topliss-reactive ketones (excluding diaryl/α,β-unsaturated/α-hetero) is 1. The number of likely N-dealkylation sites (tertiary alicyclic amines) is 1. The largest absolute Gasteiger partial charge is 0.363 e. The molecule has 32 heavy (non-hydrogen) atoms. The fraction of sp³-hybridized carbons (Fsp3) is 0.517. The molecule has 172 valence electrons. The molecule has 1 aliphatic rings. The molecule has 3 nitrogen and oxygen atoms in total. The van der Waals surface area contributed by atoms with Crippen LogP contribution in [0.3, 0.4) is 0 Å². The smallest absolute Gasteiger partial charge is 0.129 e. The summed E-state index contributed by atoms with van der Waals surface area (Å²) in [5.41, 5.74) is 2.87. The third-order valence-corrected chi connectivity index (χ3v) is 6.67. The lowest BCUT2D eigenvalue weighted by Crippen LogP contribution is -2.35. The van der Waals surface area contributed by atoms with Crippen LogP contribution in [0.4, 0.5) is 0 Å². The number of unbranched alkanes of at least 4 members (excludes halogenated alkanes) is 5. The summed E-state index contributed by atoms with van der Waals surface area (Å²) in [6.45, 7) is 4.82. The van der Waals surface area contributed by atoms with Gasteiger partial charge in [0.15, 0.2) is 0 Å². The molecule has 3 rings (SSSR count). The fourth-order valence-corrected chi connectivity index (χ4v) is 4.88. The summed E-state index contributed by atoms with van der Waals surface area (Å²) < 4.78 is 0. The van der Waals surface area contributed by atoms with Gasteiger partial charge in [0, 0.05) is 32.0 Å². The highest BCUT2D eigenvalue weighted by Gasteiger charge is 2.28. The molecule has 1 saturated heterocycles. The number of rotatable bonds is 13. The molecule has 2 aromatic rings. The van der Waals surface area contributed by atoms with Gasteiger partial charge in [-0.05, 0) is 49.7 Å². The maximum Gasteiger partial charge on any atom is 0.129 e. The van der Waals surface area contributed by atoms with E-state index in [1.165, 1.54) is 56.1 Å². The summed E-state index contributed by atoms with van der Waals surface area (Å²) in [5.74, 6) is 1.47. The van der Waals surface area contributed by atoms with Crippen LogP contribution in [-0.4, -0.2) is 36.7 Å². The average Bonchev–Trinajstić information content (AvgIpc) is 2.82. The van der Waals surface area contributed by atoms with Crippen LogP contribution in [0.2, 0.25) is 0 Å². The van der Waals surface area contributed by atoms with E-state index in [1.54, 1.807) is 6.92 Å². The van der Waals surface area contributed by atoms with Gasteiger partial charge in [-0.1, -0.05) is 86.3 Å². The number of piperidine rings is 1. The lowest BCUT2D eigenvalue weighted by Gasteiger charge is -2.36. The van der Waals surface area contributed by atoms with Gasteiger partial charge >= 0.3 is 0 Å². The minimum atomic E-state index is 0.319. The highest BCUT2D eigenvalue weighted by Crippen LogP contribution is 2.37. The summed E-state index contributed by atoms with van der Waals surface area (Å²) in [6.07, 6.45) is 12.4. The third-order valence-electron chi connectivity index (χ3n) is 6.67. The molecular formula is C29H40N2O. The summed E-state index contributed by atoms with van der Waals surface area (Å²) in [4.78, 5) is 18.0. The second-order valence-corrected chi connectivity index (χ2v) is 9.27. The number of carbonyl (C=O) groups is 1. The Hall–Kier alpha value is -2.42. The van der Waals surface area contributed by atoms with Crippen molar-refractivity contribution in [3.8, 4) is 0 Å². The van der Waals surface area contributed by atoms with E-state index in [-0.39, 0.29) is 0 Å². The van der Waals surface area contributed by atoms with E-state index in [0.717, 1.165) is 32.5 Å². The Morgan fingerprint density at radius 2 is 1.41 bits per heavy atom. The van der Waals surface area contributed by atoms with Crippen molar-refractivity contribution in [3.63, 3.8) is 0 Å². The number of nitrogens with zero attached hydrogens (tertiary/aromatic N) is 2. The Bertz CT molecular complexity index is 755. The lowest BCUT2D eigenvalue weighted by atomic mass is 9.76. The van der Waals surface area contributed by atoms with E-state index in [9.17, 15) is 4.79 Å². The van der Waals surface area contributed by atoms with Crippen molar-refractivity contribution >= 4 is 12.1 Å². The number of ketones is 1. The second-order valence-electron chi connectivity index (χ2n) is 9.27. The predicted molar refractivity (Wildman–Crippen MR) is 135 cm³/mol. The maximum absolute atomic E-state index is 10.9. The Balaban J connectivity index is 1.38. The molecule has 2 aromatic carbocycles. The summed E-state index contributed by atoms with van der Waals surface area (Å²) in [5, 5.41) is 0. The number of aliphatic imine (C=N–C) groups is 1. The molecule has 1 heterocycles. The zero-order chi connectivity index (χ0) is 22.4. The summed E-state index contributed by atoms with van der Waals surface area (Å²) in [7, 11) is 0. The number of benzene rings is 2. The zero-order valence-corrected chi connectivity index (χ0v) is 19.8. The monoisotopic (exact) mass is 432 g/mol. The van der Waals surface area contributed by atoms with E-state index in [0.29, 0.717) is 17.6 Å². The van der Waals surface area contributed by atoms with Gasteiger partial charge in [-0.2, -0.15) is 0 Å². The minimum Gasteiger partial charge on any atom is -0.363 e. The molecule has 0 amide bonds. The van der Waals surface area contributed by atoms with E-state index in [4.69, 9.17) is 4.99 Å². The molecule has 0 saturated carbocycles. The van der Waals surface area contributed by atoms with Crippen molar-refractivity contribution in [2.24, 2.45) is 10.9 Å². The van der Waals surface area contributed by atoms with E-state index < -0.39 is 0 Å². The Kier molecular flexibility index (Phi) is 10.5. The van der Waals surface area contributed by atoms with Crippen LogP contribution in [0, 0.1) is 5.92 Å². The molecule has 0 aliphatic carbocycles. The first-order chi connectivity index (χ1) is 15.7. The molecular weight excluding hydrogens is 392 g/mol. The van der Waals surface area contributed by atoms with E-state index in [1.807, 2.05) is 0 Å². The van der Waals surface area contributed by atoms with Gasteiger partial charge in [0.2, 0.25) is 0 Å². The molecule has 0 bridgehead atoms. The SMILES string of the molecule is CC(=O)CCCCCCCC/N=C/N1CCC(C(c2ccccc2)c2ccccc2)CC1. The van der Waals surface area contributed by atoms with Crippen molar-refractivity contribution in [1.82, 2.24) is 4.90 Å². The average molecular weight is 433 g/mol. The molecule has 0 spiro atoms. The van der Waals surface area contributed by atoms with Crippen LogP contribution in [0.15, 0.2) is 65.7 Å². The van der Waals surface area contributed by atoms with Crippen molar-refractivity contribution < 1.29 is 4.79 Å². The molecule has 0 atom stereocenters. The highest BCUT2D eigenvalue weighted by molar-refractivity contribution is 5.75. The van der Waals surface area contributed by atoms with Crippen molar-refractivity contribution in [3.05, 3.63) is 71.8 Å². The standard InChI is InChI=1S/C29H40N2O/c1-25(32)14-8-4-2-3-5-13-21-30-24-31-22-19-28(20-23-31)29(26-15-9-6-10-16-26)27-17-11-7-12-18-27/h6-7,9-12,15-18,24,28-29H,2-5,8,13-14,19-23H2,1H3/b30-24+. The number of hydrogen-bond acceptors (Lipinski definition) is 2. The predicted octanol–water partition coefficient (Wildman–Crippen LogP) is 6.88. The van der Waals surface area contributed by atoms with Crippen LogP contribution in [-0.2, 0) is 4.79 Å². The Labute approximate surface area is 195 Å². The topological polar surface area (TPSA) is 32.7 Å². The number of hydrogen-bond donors (Lipinski definition) is 0. The van der Waals surface area contributed by atoms with Gasteiger partial charge < -0.3 is 9.69 Å². The van der Waals surface area contributed by atoms with Crippen molar-refractivity contribution in [2.45, 2.75) is 70.6 Å². The minimum absolute atomic E-state index is 0.319.